The minimum Gasteiger partial charge on any atom is -0.377 e. The molecule has 1 unspecified atom stereocenters. The largest absolute Gasteiger partial charge is 0.377 e. The predicted molar refractivity (Wildman–Crippen MR) is 72.5 cm³/mol. The number of nitrogens with zero attached hydrogens (tertiary/aromatic N) is 1. The number of carbonyl (C=O) groups excluding carboxylic acids is 1. The van der Waals surface area contributed by atoms with Gasteiger partial charge in [-0.1, -0.05) is 0 Å². The van der Waals surface area contributed by atoms with Crippen molar-refractivity contribution in [2.75, 3.05) is 38.2 Å². The number of thioether (sulfide) groups is 1. The molecule has 0 aromatic heterocycles. The second-order valence-corrected chi connectivity index (χ2v) is 5.81. The Labute approximate surface area is 108 Å². The number of carbonyl (C=O) groups is 1. The van der Waals surface area contributed by atoms with Crippen molar-refractivity contribution in [2.24, 2.45) is 0 Å². The van der Waals surface area contributed by atoms with E-state index in [1.54, 1.807) is 4.90 Å². The molecule has 0 bridgehead atoms. The van der Waals surface area contributed by atoms with E-state index < -0.39 is 0 Å². The predicted octanol–water partition coefficient (Wildman–Crippen LogP) is 0.965. The van der Waals surface area contributed by atoms with Crippen molar-refractivity contribution < 1.29 is 9.53 Å². The van der Waals surface area contributed by atoms with E-state index in [9.17, 15) is 4.79 Å². The zero-order valence-electron chi connectivity index (χ0n) is 11.1. The van der Waals surface area contributed by atoms with Gasteiger partial charge in [-0.3, -0.25) is 4.79 Å². The van der Waals surface area contributed by atoms with Gasteiger partial charge >= 0.3 is 0 Å². The summed E-state index contributed by atoms with van der Waals surface area (Å²) in [5.74, 6) is 2.41. The van der Waals surface area contributed by atoms with Crippen LogP contribution in [0, 0.1) is 0 Å². The number of likely N-dealkylation sites (N-methyl/N-ethyl adjacent to an activating group) is 1. The van der Waals surface area contributed by atoms with Crippen LogP contribution in [-0.2, 0) is 9.53 Å². The Morgan fingerprint density at radius 1 is 1.59 bits per heavy atom. The lowest BCUT2D eigenvalue weighted by Gasteiger charge is -2.25. The fraction of sp³-hybridized carbons (Fsp3) is 0.917. The van der Waals surface area contributed by atoms with Gasteiger partial charge in [0.05, 0.1) is 12.7 Å². The van der Waals surface area contributed by atoms with E-state index in [1.165, 1.54) is 0 Å². The number of rotatable bonds is 6. The Morgan fingerprint density at radius 2 is 2.35 bits per heavy atom. The van der Waals surface area contributed by atoms with Crippen LogP contribution in [-0.4, -0.2) is 61.2 Å². The molecule has 1 aliphatic rings. The molecule has 5 heteroatoms. The molecule has 1 aliphatic heterocycles. The van der Waals surface area contributed by atoms with Gasteiger partial charge in [0.1, 0.15) is 0 Å². The van der Waals surface area contributed by atoms with E-state index in [4.69, 9.17) is 4.74 Å². The summed E-state index contributed by atoms with van der Waals surface area (Å²) in [6, 6.07) is 0.342. The number of hydrogen-bond donors (Lipinski definition) is 1. The summed E-state index contributed by atoms with van der Waals surface area (Å²) < 4.78 is 5.44. The van der Waals surface area contributed by atoms with Gasteiger partial charge in [0, 0.05) is 44.1 Å². The molecular weight excluding hydrogens is 236 g/mol. The molecule has 0 aliphatic carbocycles. The highest BCUT2D eigenvalue weighted by Crippen LogP contribution is 2.11. The van der Waals surface area contributed by atoms with E-state index in [-0.39, 0.29) is 12.0 Å². The standard InChI is InChI=1S/C12H24N2O2S/c1-10(2)16-6-5-14(3)12(15)8-11-9-17-7-4-13-11/h10-11,13H,4-9H2,1-3H3. The van der Waals surface area contributed by atoms with Gasteiger partial charge in [0.25, 0.3) is 0 Å². The second kappa shape index (κ2) is 7.95. The molecule has 0 aromatic carbocycles. The Bertz CT molecular complexity index is 231. The first-order valence-electron chi connectivity index (χ1n) is 6.26. The molecule has 4 nitrogen and oxygen atoms in total. The topological polar surface area (TPSA) is 41.6 Å². The fourth-order valence-electron chi connectivity index (χ4n) is 1.67. The van der Waals surface area contributed by atoms with Crippen molar-refractivity contribution in [3.8, 4) is 0 Å². The van der Waals surface area contributed by atoms with Crippen molar-refractivity contribution in [3.05, 3.63) is 0 Å². The molecule has 1 amide bonds. The molecule has 1 saturated heterocycles. The molecule has 17 heavy (non-hydrogen) atoms. The maximum atomic E-state index is 11.9. The zero-order chi connectivity index (χ0) is 12.7. The van der Waals surface area contributed by atoms with E-state index in [0.29, 0.717) is 25.6 Å². The molecule has 1 fully saturated rings. The average molecular weight is 260 g/mol. The third-order valence-electron chi connectivity index (χ3n) is 2.72. The minimum absolute atomic E-state index is 0.206. The average Bonchev–Trinajstić information content (AvgIpc) is 2.29. The van der Waals surface area contributed by atoms with Gasteiger partial charge < -0.3 is 15.0 Å². The lowest BCUT2D eigenvalue weighted by molar-refractivity contribution is -0.131. The molecule has 1 N–H and O–H groups in total. The van der Waals surface area contributed by atoms with Crippen LogP contribution in [0.1, 0.15) is 20.3 Å². The highest BCUT2D eigenvalue weighted by atomic mass is 32.2. The van der Waals surface area contributed by atoms with Crippen LogP contribution >= 0.6 is 11.8 Å². The Hall–Kier alpha value is -0.260. The first-order valence-corrected chi connectivity index (χ1v) is 7.41. The molecule has 0 spiro atoms. The van der Waals surface area contributed by atoms with Crippen molar-refractivity contribution in [1.82, 2.24) is 10.2 Å². The molecule has 1 atom stereocenters. The number of ether oxygens (including phenoxy) is 1. The van der Waals surface area contributed by atoms with Crippen LogP contribution in [0.3, 0.4) is 0 Å². The smallest absolute Gasteiger partial charge is 0.223 e. The Morgan fingerprint density at radius 3 is 2.94 bits per heavy atom. The molecule has 0 radical (unpaired) electrons. The van der Waals surface area contributed by atoms with Crippen molar-refractivity contribution >= 4 is 17.7 Å². The SMILES string of the molecule is CC(C)OCCN(C)C(=O)CC1CSCCN1. The number of hydrogen-bond acceptors (Lipinski definition) is 4. The first-order chi connectivity index (χ1) is 8.09. The number of amides is 1. The Balaban J connectivity index is 2.16. The normalized spacial score (nSPS) is 20.6. The maximum Gasteiger partial charge on any atom is 0.223 e. The first kappa shape index (κ1) is 14.8. The van der Waals surface area contributed by atoms with Crippen LogP contribution in [0.5, 0.6) is 0 Å². The van der Waals surface area contributed by atoms with Crippen LogP contribution in [0.25, 0.3) is 0 Å². The van der Waals surface area contributed by atoms with E-state index >= 15 is 0 Å². The van der Waals surface area contributed by atoms with Crippen molar-refractivity contribution in [3.63, 3.8) is 0 Å². The molecule has 100 valence electrons. The fourth-order valence-corrected chi connectivity index (χ4v) is 2.62. The van der Waals surface area contributed by atoms with Gasteiger partial charge in [-0.05, 0) is 13.8 Å². The minimum atomic E-state index is 0.206. The zero-order valence-corrected chi connectivity index (χ0v) is 11.9. The molecule has 0 saturated carbocycles. The lowest BCUT2D eigenvalue weighted by atomic mass is 10.2. The van der Waals surface area contributed by atoms with Crippen LogP contribution in [0.2, 0.25) is 0 Å². The third-order valence-corrected chi connectivity index (χ3v) is 3.85. The van der Waals surface area contributed by atoms with Gasteiger partial charge in [0.2, 0.25) is 5.91 Å². The second-order valence-electron chi connectivity index (χ2n) is 4.66. The quantitative estimate of drug-likeness (QED) is 0.772. The highest BCUT2D eigenvalue weighted by Gasteiger charge is 2.18. The summed E-state index contributed by atoms with van der Waals surface area (Å²) in [7, 11) is 1.85. The van der Waals surface area contributed by atoms with Crippen LogP contribution in [0.4, 0.5) is 0 Å². The van der Waals surface area contributed by atoms with Gasteiger partial charge in [-0.15, -0.1) is 0 Å². The van der Waals surface area contributed by atoms with E-state index in [0.717, 1.165) is 18.1 Å². The lowest BCUT2D eigenvalue weighted by Crippen LogP contribution is -2.42. The van der Waals surface area contributed by atoms with Crippen LogP contribution < -0.4 is 5.32 Å². The molecule has 1 heterocycles. The van der Waals surface area contributed by atoms with E-state index in [2.05, 4.69) is 5.32 Å². The van der Waals surface area contributed by atoms with E-state index in [1.807, 2.05) is 32.7 Å². The summed E-state index contributed by atoms with van der Waals surface area (Å²) in [6.45, 7) is 6.32. The van der Waals surface area contributed by atoms with Gasteiger partial charge in [-0.25, -0.2) is 0 Å². The summed E-state index contributed by atoms with van der Waals surface area (Å²) in [4.78, 5) is 13.7. The summed E-state index contributed by atoms with van der Waals surface area (Å²) in [5.41, 5.74) is 0. The Kier molecular flexibility index (Phi) is 6.92. The summed E-state index contributed by atoms with van der Waals surface area (Å²) >= 11 is 1.92. The summed E-state index contributed by atoms with van der Waals surface area (Å²) in [5, 5.41) is 3.38. The molecular formula is C12H24N2O2S. The summed E-state index contributed by atoms with van der Waals surface area (Å²) in [6.07, 6.45) is 0.834. The maximum absolute atomic E-state index is 11.9. The van der Waals surface area contributed by atoms with Crippen molar-refractivity contribution in [1.29, 1.82) is 0 Å². The van der Waals surface area contributed by atoms with Crippen LogP contribution in [0.15, 0.2) is 0 Å². The monoisotopic (exact) mass is 260 g/mol. The third kappa shape index (κ3) is 6.29. The highest BCUT2D eigenvalue weighted by molar-refractivity contribution is 7.99. The molecule has 1 rings (SSSR count). The van der Waals surface area contributed by atoms with Gasteiger partial charge in [0.15, 0.2) is 0 Å². The molecule has 0 aromatic rings. The van der Waals surface area contributed by atoms with Crippen molar-refractivity contribution in [2.45, 2.75) is 32.4 Å². The van der Waals surface area contributed by atoms with Gasteiger partial charge in [-0.2, -0.15) is 11.8 Å². The number of nitrogens with one attached hydrogen (secondary N) is 1.